The molecular formula is C13H9FO. The van der Waals surface area contributed by atoms with Crippen molar-refractivity contribution >= 4 is 10.8 Å². The van der Waals surface area contributed by atoms with Crippen LogP contribution in [0.5, 0.6) is 5.75 Å². The molecule has 1 N–H and O–H groups in total. The van der Waals surface area contributed by atoms with E-state index in [2.05, 4.69) is 5.92 Å². The van der Waals surface area contributed by atoms with E-state index in [0.29, 0.717) is 10.8 Å². The maximum absolute atomic E-state index is 13.4. The molecule has 0 fully saturated rings. The van der Waals surface area contributed by atoms with Gasteiger partial charge in [0.15, 0.2) is 0 Å². The molecule has 2 aromatic rings. The molecule has 15 heavy (non-hydrogen) atoms. The molecule has 1 nitrogen and oxygen atoms in total. The van der Waals surface area contributed by atoms with Crippen LogP contribution in [0.2, 0.25) is 0 Å². The second-order valence-electron chi connectivity index (χ2n) is 3.39. The maximum atomic E-state index is 13.4. The summed E-state index contributed by atoms with van der Waals surface area (Å²) in [6.45, 7) is 1.84. The van der Waals surface area contributed by atoms with Gasteiger partial charge < -0.3 is 5.11 Å². The van der Waals surface area contributed by atoms with Crippen molar-refractivity contribution in [2.45, 2.75) is 6.92 Å². The summed E-state index contributed by atoms with van der Waals surface area (Å²) in [4.78, 5) is 0. The van der Waals surface area contributed by atoms with Crippen molar-refractivity contribution in [3.05, 3.63) is 41.2 Å². The summed E-state index contributed by atoms with van der Waals surface area (Å²) in [6.07, 6.45) is 5.26. The Bertz CT molecular complexity index is 579. The molecule has 0 unspecified atom stereocenters. The molecule has 0 spiro atoms. The Hall–Kier alpha value is -2.01. The minimum atomic E-state index is -0.432. The topological polar surface area (TPSA) is 20.2 Å². The van der Waals surface area contributed by atoms with Crippen LogP contribution >= 0.6 is 0 Å². The molecule has 2 heteroatoms. The van der Waals surface area contributed by atoms with Gasteiger partial charge in [-0.2, -0.15) is 0 Å². The lowest BCUT2D eigenvalue weighted by Crippen LogP contribution is -1.89. The largest absolute Gasteiger partial charge is 0.507 e. The van der Waals surface area contributed by atoms with Gasteiger partial charge in [0.1, 0.15) is 11.6 Å². The number of benzene rings is 2. The first-order valence-electron chi connectivity index (χ1n) is 4.52. The van der Waals surface area contributed by atoms with Crippen molar-refractivity contribution in [3.8, 4) is 18.1 Å². The summed E-state index contributed by atoms with van der Waals surface area (Å²) in [6, 6.07) is 6.11. The van der Waals surface area contributed by atoms with E-state index >= 15 is 0 Å². The summed E-state index contributed by atoms with van der Waals surface area (Å²) in [5.74, 6) is 2.01. The van der Waals surface area contributed by atoms with Crippen molar-refractivity contribution in [2.75, 3.05) is 0 Å². The first-order chi connectivity index (χ1) is 7.15. The van der Waals surface area contributed by atoms with Gasteiger partial charge in [-0.1, -0.05) is 12.0 Å². The Morgan fingerprint density at radius 1 is 1.27 bits per heavy atom. The Kier molecular flexibility index (Phi) is 2.09. The number of aryl methyl sites for hydroxylation is 1. The summed E-state index contributed by atoms with van der Waals surface area (Å²) < 4.78 is 13.4. The van der Waals surface area contributed by atoms with Gasteiger partial charge in [-0.3, -0.25) is 0 Å². The number of fused-ring (bicyclic) bond motifs is 1. The molecule has 0 heterocycles. The molecule has 2 rings (SSSR count). The van der Waals surface area contributed by atoms with E-state index in [4.69, 9.17) is 6.42 Å². The van der Waals surface area contributed by atoms with Crippen LogP contribution < -0.4 is 0 Å². The lowest BCUT2D eigenvalue weighted by Gasteiger charge is -2.07. The zero-order valence-electron chi connectivity index (χ0n) is 8.21. The number of halogens is 1. The number of phenolic OH excluding ortho intramolecular Hbond substituents is 1. The van der Waals surface area contributed by atoms with Gasteiger partial charge in [-0.05, 0) is 30.7 Å². The Morgan fingerprint density at radius 3 is 2.67 bits per heavy atom. The van der Waals surface area contributed by atoms with Gasteiger partial charge in [0.2, 0.25) is 0 Å². The summed E-state index contributed by atoms with van der Waals surface area (Å²) >= 11 is 0. The minimum Gasteiger partial charge on any atom is -0.507 e. The molecule has 2 aromatic carbocycles. The van der Waals surface area contributed by atoms with Crippen LogP contribution in [0.4, 0.5) is 4.39 Å². The highest BCUT2D eigenvalue weighted by Crippen LogP contribution is 2.30. The van der Waals surface area contributed by atoms with Crippen molar-refractivity contribution in [1.29, 1.82) is 0 Å². The van der Waals surface area contributed by atoms with Crippen LogP contribution in [-0.4, -0.2) is 5.11 Å². The van der Waals surface area contributed by atoms with Crippen LogP contribution in [0.1, 0.15) is 11.1 Å². The molecule has 0 radical (unpaired) electrons. The molecule has 0 amide bonds. The van der Waals surface area contributed by atoms with Crippen LogP contribution in [0.15, 0.2) is 24.3 Å². The predicted molar refractivity (Wildman–Crippen MR) is 58.2 cm³/mol. The average molecular weight is 200 g/mol. The first kappa shape index (κ1) is 9.54. The third kappa shape index (κ3) is 1.33. The Labute approximate surface area is 87.2 Å². The fraction of sp³-hybridized carbons (Fsp3) is 0.0769. The summed E-state index contributed by atoms with van der Waals surface area (Å²) in [5, 5.41) is 10.8. The van der Waals surface area contributed by atoms with Crippen LogP contribution in [-0.2, 0) is 0 Å². The molecule has 0 aliphatic rings. The number of hydrogen-bond acceptors (Lipinski definition) is 1. The highest BCUT2D eigenvalue weighted by atomic mass is 19.1. The SMILES string of the molecule is C#Cc1c(F)ccc2c(O)ccc(C)c12. The Balaban J connectivity index is 3.05. The van der Waals surface area contributed by atoms with E-state index in [1.54, 1.807) is 12.1 Å². The zero-order valence-corrected chi connectivity index (χ0v) is 8.21. The standard InChI is InChI=1S/C13H9FO/c1-3-9-11(14)6-5-10-12(15)7-4-8(2)13(9)10/h1,4-7,15H,2H3. The molecule has 0 aliphatic carbocycles. The smallest absolute Gasteiger partial charge is 0.139 e. The monoisotopic (exact) mass is 200 g/mol. The lowest BCUT2D eigenvalue weighted by atomic mass is 9.99. The van der Waals surface area contributed by atoms with Crippen molar-refractivity contribution in [3.63, 3.8) is 0 Å². The molecule has 0 atom stereocenters. The normalized spacial score (nSPS) is 10.2. The highest BCUT2D eigenvalue weighted by Gasteiger charge is 2.10. The van der Waals surface area contributed by atoms with Gasteiger partial charge in [0.25, 0.3) is 0 Å². The molecule has 0 bridgehead atoms. The molecule has 0 aromatic heterocycles. The Morgan fingerprint density at radius 2 is 2.00 bits per heavy atom. The van der Waals surface area contributed by atoms with E-state index in [-0.39, 0.29) is 11.3 Å². The first-order valence-corrected chi connectivity index (χ1v) is 4.52. The quantitative estimate of drug-likeness (QED) is 0.648. The van der Waals surface area contributed by atoms with Gasteiger partial charge in [-0.15, -0.1) is 6.42 Å². The fourth-order valence-electron chi connectivity index (χ4n) is 1.72. The van der Waals surface area contributed by atoms with E-state index < -0.39 is 5.82 Å². The predicted octanol–water partition coefficient (Wildman–Crippen LogP) is 2.97. The number of terminal acetylenes is 1. The van der Waals surface area contributed by atoms with Crippen molar-refractivity contribution < 1.29 is 9.50 Å². The van der Waals surface area contributed by atoms with E-state index in [1.165, 1.54) is 12.1 Å². The molecular weight excluding hydrogens is 191 g/mol. The third-order valence-corrected chi connectivity index (χ3v) is 2.46. The number of rotatable bonds is 0. The van der Waals surface area contributed by atoms with Gasteiger partial charge in [0.05, 0.1) is 5.56 Å². The van der Waals surface area contributed by atoms with Crippen LogP contribution in [0.3, 0.4) is 0 Å². The maximum Gasteiger partial charge on any atom is 0.139 e. The zero-order chi connectivity index (χ0) is 11.0. The average Bonchev–Trinajstić information content (AvgIpc) is 2.23. The molecule has 0 aliphatic heterocycles. The van der Waals surface area contributed by atoms with E-state index in [0.717, 1.165) is 5.56 Å². The fourth-order valence-corrected chi connectivity index (χ4v) is 1.72. The van der Waals surface area contributed by atoms with Crippen LogP contribution in [0.25, 0.3) is 10.8 Å². The highest BCUT2D eigenvalue weighted by molar-refractivity contribution is 5.95. The molecule has 0 saturated carbocycles. The number of aromatic hydroxyl groups is 1. The third-order valence-electron chi connectivity index (χ3n) is 2.46. The number of phenols is 1. The molecule has 0 saturated heterocycles. The summed E-state index contributed by atoms with van der Waals surface area (Å²) in [5.41, 5.74) is 1.07. The lowest BCUT2D eigenvalue weighted by molar-refractivity contribution is 0.481. The van der Waals surface area contributed by atoms with Crippen molar-refractivity contribution in [1.82, 2.24) is 0 Å². The number of hydrogen-bond donors (Lipinski definition) is 1. The minimum absolute atomic E-state index is 0.118. The van der Waals surface area contributed by atoms with Gasteiger partial charge >= 0.3 is 0 Å². The second-order valence-corrected chi connectivity index (χ2v) is 3.39. The van der Waals surface area contributed by atoms with Crippen LogP contribution in [0, 0.1) is 25.1 Å². The van der Waals surface area contributed by atoms with Gasteiger partial charge in [0, 0.05) is 10.8 Å². The molecule has 74 valence electrons. The van der Waals surface area contributed by atoms with E-state index in [9.17, 15) is 9.50 Å². The summed E-state index contributed by atoms with van der Waals surface area (Å²) in [7, 11) is 0. The second kappa shape index (κ2) is 3.29. The van der Waals surface area contributed by atoms with E-state index in [1.807, 2.05) is 6.92 Å². The van der Waals surface area contributed by atoms with Gasteiger partial charge in [-0.25, -0.2) is 4.39 Å². The van der Waals surface area contributed by atoms with Crippen molar-refractivity contribution in [2.24, 2.45) is 0 Å².